The minimum absolute atomic E-state index is 0.0710. The van der Waals surface area contributed by atoms with Gasteiger partial charge in [0, 0.05) is 25.5 Å². The first-order valence-corrected chi connectivity index (χ1v) is 7.04. The number of thioether (sulfide) groups is 1. The van der Waals surface area contributed by atoms with Crippen molar-refractivity contribution in [2.75, 3.05) is 25.5 Å². The van der Waals surface area contributed by atoms with Crippen LogP contribution in [0.2, 0.25) is 0 Å². The molecule has 0 saturated carbocycles. The van der Waals surface area contributed by atoms with Crippen LogP contribution in [-0.4, -0.2) is 53.8 Å². The molecule has 0 radical (unpaired) electrons. The number of carboxylic acid groups (broad SMARTS) is 1. The molecule has 0 aromatic heterocycles. The van der Waals surface area contributed by atoms with E-state index >= 15 is 0 Å². The zero-order valence-corrected chi connectivity index (χ0v) is 11.1. The summed E-state index contributed by atoms with van der Waals surface area (Å²) in [5.41, 5.74) is -0.955. The monoisotopic (exact) mass is 288 g/mol. The fraction of sp³-hybridized carbons (Fsp3) is 0.727. The number of amides is 2. The van der Waals surface area contributed by atoms with E-state index in [1.54, 1.807) is 0 Å². The number of hydrogen-bond acceptors (Lipinski definition) is 5. The van der Waals surface area contributed by atoms with E-state index < -0.39 is 17.4 Å². The quantitative estimate of drug-likeness (QED) is 0.662. The molecule has 1 unspecified atom stereocenters. The number of carbonyl (C=O) groups is 3. The van der Waals surface area contributed by atoms with Crippen LogP contribution in [0.25, 0.3) is 0 Å². The highest BCUT2D eigenvalue weighted by atomic mass is 32.2. The third-order valence-corrected chi connectivity index (χ3v) is 4.37. The maximum Gasteiger partial charge on any atom is 0.311 e. The van der Waals surface area contributed by atoms with Gasteiger partial charge in [0.1, 0.15) is 6.04 Å². The molecule has 19 heavy (non-hydrogen) atoms. The maximum absolute atomic E-state index is 11.8. The van der Waals surface area contributed by atoms with Crippen molar-refractivity contribution in [2.24, 2.45) is 5.41 Å². The zero-order chi connectivity index (χ0) is 13.9. The molecule has 2 amide bonds. The van der Waals surface area contributed by atoms with Gasteiger partial charge in [0.05, 0.1) is 5.41 Å². The summed E-state index contributed by atoms with van der Waals surface area (Å²) < 4.78 is 5.16. The van der Waals surface area contributed by atoms with Crippen LogP contribution >= 0.6 is 11.8 Å². The van der Waals surface area contributed by atoms with E-state index in [0.29, 0.717) is 31.8 Å². The van der Waals surface area contributed by atoms with E-state index in [9.17, 15) is 19.5 Å². The third kappa shape index (κ3) is 3.19. The molecule has 106 valence electrons. The van der Waals surface area contributed by atoms with E-state index in [0.717, 1.165) is 11.8 Å². The summed E-state index contributed by atoms with van der Waals surface area (Å²) in [6, 6.07) is -0.566. The van der Waals surface area contributed by atoms with Gasteiger partial charge < -0.3 is 20.5 Å². The highest BCUT2D eigenvalue weighted by Crippen LogP contribution is 2.30. The molecule has 2 aliphatic rings. The van der Waals surface area contributed by atoms with Crippen LogP contribution in [0.15, 0.2) is 0 Å². The Morgan fingerprint density at radius 1 is 1.47 bits per heavy atom. The van der Waals surface area contributed by atoms with Crippen LogP contribution in [0, 0.1) is 5.41 Å². The number of aliphatic carboxylic acids is 1. The Labute approximate surface area is 114 Å². The largest absolute Gasteiger partial charge is 0.481 e. The first-order valence-electron chi connectivity index (χ1n) is 6.06. The zero-order valence-electron chi connectivity index (χ0n) is 10.3. The number of ether oxygens (including phenoxy) is 1. The molecule has 2 aliphatic heterocycles. The molecule has 0 aliphatic carbocycles. The van der Waals surface area contributed by atoms with Gasteiger partial charge in [-0.25, -0.2) is 0 Å². The number of rotatable bonds is 4. The van der Waals surface area contributed by atoms with Crippen molar-refractivity contribution < 1.29 is 24.2 Å². The van der Waals surface area contributed by atoms with Crippen LogP contribution in [0.1, 0.15) is 12.8 Å². The molecule has 8 heteroatoms. The SMILES string of the molecule is O=C1NC(C(=O)NCC2(C(=O)O)CCOCC2)CS1. The highest BCUT2D eigenvalue weighted by molar-refractivity contribution is 8.14. The van der Waals surface area contributed by atoms with Gasteiger partial charge in [-0.05, 0) is 12.8 Å². The summed E-state index contributed by atoms with van der Waals surface area (Å²) in [5.74, 6) is -0.861. The van der Waals surface area contributed by atoms with Crippen LogP contribution in [-0.2, 0) is 14.3 Å². The lowest BCUT2D eigenvalue weighted by molar-refractivity contribution is -0.154. The van der Waals surface area contributed by atoms with Crippen LogP contribution in [0.3, 0.4) is 0 Å². The summed E-state index contributed by atoms with van der Waals surface area (Å²) in [6.45, 7) is 0.845. The Balaban J connectivity index is 1.90. The summed E-state index contributed by atoms with van der Waals surface area (Å²) in [6.07, 6.45) is 0.767. The Hall–Kier alpha value is -1.28. The van der Waals surface area contributed by atoms with Crippen LogP contribution in [0.5, 0.6) is 0 Å². The van der Waals surface area contributed by atoms with Gasteiger partial charge in [-0.3, -0.25) is 14.4 Å². The smallest absolute Gasteiger partial charge is 0.311 e. The van der Waals surface area contributed by atoms with Gasteiger partial charge in [-0.2, -0.15) is 0 Å². The molecule has 7 nitrogen and oxygen atoms in total. The summed E-state index contributed by atoms with van der Waals surface area (Å²) in [7, 11) is 0. The molecule has 0 bridgehead atoms. The van der Waals surface area contributed by atoms with E-state index in [4.69, 9.17) is 4.74 Å². The van der Waals surface area contributed by atoms with Crippen molar-refractivity contribution in [3.63, 3.8) is 0 Å². The normalized spacial score (nSPS) is 25.7. The first kappa shape index (κ1) is 14.1. The summed E-state index contributed by atoms with van der Waals surface area (Å²) in [5, 5.41) is 14.3. The van der Waals surface area contributed by atoms with Crippen molar-refractivity contribution in [1.29, 1.82) is 0 Å². The highest BCUT2D eigenvalue weighted by Gasteiger charge is 2.41. The van der Waals surface area contributed by atoms with Crippen molar-refractivity contribution >= 4 is 28.9 Å². The van der Waals surface area contributed by atoms with E-state index in [2.05, 4.69) is 10.6 Å². The lowest BCUT2D eigenvalue weighted by Gasteiger charge is -2.33. The molecule has 0 aromatic rings. The Morgan fingerprint density at radius 2 is 2.16 bits per heavy atom. The number of carboxylic acids is 1. The summed E-state index contributed by atoms with van der Waals surface area (Å²) >= 11 is 1.05. The fourth-order valence-electron chi connectivity index (χ4n) is 2.13. The maximum atomic E-state index is 11.8. The minimum atomic E-state index is -0.955. The molecular formula is C11H16N2O5S. The molecule has 2 fully saturated rings. The lowest BCUT2D eigenvalue weighted by atomic mass is 9.80. The Morgan fingerprint density at radius 3 is 2.68 bits per heavy atom. The predicted octanol–water partition coefficient (Wildman–Crippen LogP) is -0.191. The number of hydrogen-bond donors (Lipinski definition) is 3. The second kappa shape index (κ2) is 5.79. The van der Waals surface area contributed by atoms with Crippen molar-refractivity contribution in [2.45, 2.75) is 18.9 Å². The molecule has 2 heterocycles. The molecule has 1 atom stereocenters. The number of carbonyl (C=O) groups excluding carboxylic acids is 2. The fourth-order valence-corrected chi connectivity index (χ4v) is 2.91. The molecular weight excluding hydrogens is 272 g/mol. The Kier molecular flexibility index (Phi) is 4.31. The standard InChI is InChI=1S/C11H16N2O5S/c14-8(7-5-19-10(17)13-7)12-6-11(9(15)16)1-3-18-4-2-11/h7H,1-6H2,(H,12,14)(H,13,17)(H,15,16). The van der Waals surface area contributed by atoms with Gasteiger partial charge in [-0.15, -0.1) is 0 Å². The van der Waals surface area contributed by atoms with E-state index in [1.165, 1.54) is 0 Å². The van der Waals surface area contributed by atoms with Crippen molar-refractivity contribution in [1.82, 2.24) is 10.6 Å². The number of nitrogens with one attached hydrogen (secondary N) is 2. The van der Waals surface area contributed by atoms with Gasteiger partial charge >= 0.3 is 5.97 Å². The first-order chi connectivity index (χ1) is 9.03. The second-order valence-electron chi connectivity index (χ2n) is 4.71. The second-order valence-corrected chi connectivity index (χ2v) is 5.70. The van der Waals surface area contributed by atoms with Gasteiger partial charge in [0.15, 0.2) is 0 Å². The summed E-state index contributed by atoms with van der Waals surface area (Å²) in [4.78, 5) is 34.2. The van der Waals surface area contributed by atoms with E-state index in [-0.39, 0.29) is 17.7 Å². The molecule has 0 aromatic carbocycles. The van der Waals surface area contributed by atoms with Gasteiger partial charge in [-0.1, -0.05) is 11.8 Å². The van der Waals surface area contributed by atoms with Gasteiger partial charge in [0.2, 0.25) is 5.91 Å². The lowest BCUT2D eigenvalue weighted by Crippen LogP contribution is -2.50. The van der Waals surface area contributed by atoms with E-state index in [1.807, 2.05) is 0 Å². The molecule has 0 spiro atoms. The molecule has 2 saturated heterocycles. The Bertz CT molecular complexity index is 395. The predicted molar refractivity (Wildman–Crippen MR) is 67.9 cm³/mol. The average Bonchev–Trinajstić information content (AvgIpc) is 2.83. The molecule has 2 rings (SSSR count). The van der Waals surface area contributed by atoms with Crippen molar-refractivity contribution in [3.8, 4) is 0 Å². The molecule has 3 N–H and O–H groups in total. The topological polar surface area (TPSA) is 105 Å². The van der Waals surface area contributed by atoms with Crippen LogP contribution in [0.4, 0.5) is 4.79 Å². The van der Waals surface area contributed by atoms with Gasteiger partial charge in [0.25, 0.3) is 5.24 Å². The minimum Gasteiger partial charge on any atom is -0.481 e. The average molecular weight is 288 g/mol. The van der Waals surface area contributed by atoms with Crippen LogP contribution < -0.4 is 10.6 Å². The van der Waals surface area contributed by atoms with Crippen molar-refractivity contribution in [3.05, 3.63) is 0 Å². The third-order valence-electron chi connectivity index (χ3n) is 3.49.